The van der Waals surface area contributed by atoms with Crippen LogP contribution < -0.4 is 5.32 Å². The summed E-state index contributed by atoms with van der Waals surface area (Å²) in [7, 11) is 0. The number of aromatic nitrogens is 3. The minimum Gasteiger partial charge on any atom is -0.508 e. The highest BCUT2D eigenvalue weighted by Gasteiger charge is 2.26. The minimum atomic E-state index is -1.05. The fourth-order valence-electron chi connectivity index (χ4n) is 2.13. The molecule has 0 bridgehead atoms. The second-order valence-corrected chi connectivity index (χ2v) is 4.47. The number of hydrogen-bond acceptors (Lipinski definition) is 5. The molecule has 1 aromatic carbocycles. The molecule has 3 N–H and O–H groups in total. The molecule has 1 aliphatic rings. The fraction of sp³-hybridized carbons (Fsp3) is 0.154. The first kappa shape index (κ1) is 12.2. The summed E-state index contributed by atoms with van der Waals surface area (Å²) in [5.74, 6) is 0.0394. The lowest BCUT2D eigenvalue weighted by Crippen LogP contribution is -2.24. The number of anilines is 1. The van der Waals surface area contributed by atoms with Gasteiger partial charge in [-0.1, -0.05) is 12.1 Å². The monoisotopic (exact) mass is 272 g/mol. The lowest BCUT2D eigenvalue weighted by Gasteiger charge is -2.22. The van der Waals surface area contributed by atoms with Crippen LogP contribution in [0.5, 0.6) is 5.75 Å². The highest BCUT2D eigenvalue weighted by atomic mass is 16.4. The van der Waals surface area contributed by atoms with Gasteiger partial charge in [0.05, 0.1) is 0 Å². The molecule has 1 atom stereocenters. The van der Waals surface area contributed by atoms with Crippen LogP contribution >= 0.6 is 0 Å². The van der Waals surface area contributed by atoms with Crippen LogP contribution in [0, 0.1) is 6.92 Å². The van der Waals surface area contributed by atoms with Crippen LogP contribution in [0.15, 0.2) is 36.0 Å². The van der Waals surface area contributed by atoms with Crippen LogP contribution in [-0.2, 0) is 4.79 Å². The van der Waals surface area contributed by atoms with E-state index in [2.05, 4.69) is 15.4 Å². The molecule has 0 radical (unpaired) electrons. The van der Waals surface area contributed by atoms with E-state index < -0.39 is 5.97 Å². The first-order chi connectivity index (χ1) is 9.54. The van der Waals surface area contributed by atoms with Gasteiger partial charge >= 0.3 is 5.97 Å². The summed E-state index contributed by atoms with van der Waals surface area (Å²) in [6.07, 6.45) is 1.57. The number of nitrogens with one attached hydrogen (secondary N) is 1. The van der Waals surface area contributed by atoms with Crippen molar-refractivity contribution in [1.82, 2.24) is 14.8 Å². The number of carboxylic acids is 1. The fourth-order valence-corrected chi connectivity index (χ4v) is 2.13. The van der Waals surface area contributed by atoms with Crippen molar-refractivity contribution in [1.29, 1.82) is 0 Å². The van der Waals surface area contributed by atoms with Crippen molar-refractivity contribution < 1.29 is 15.0 Å². The number of aryl methyl sites for hydroxylation is 1. The van der Waals surface area contributed by atoms with Crippen molar-refractivity contribution in [3.8, 4) is 5.75 Å². The van der Waals surface area contributed by atoms with Gasteiger partial charge in [-0.15, -0.1) is 0 Å². The van der Waals surface area contributed by atoms with Gasteiger partial charge in [0.15, 0.2) is 0 Å². The Morgan fingerprint density at radius 3 is 2.70 bits per heavy atom. The van der Waals surface area contributed by atoms with Gasteiger partial charge in [-0.3, -0.25) is 0 Å². The SMILES string of the molecule is Cc1nc2n(n1)[C@@H](c1ccc(O)cc1)C=C(C(=O)O)N2. The van der Waals surface area contributed by atoms with Gasteiger partial charge in [-0.25, -0.2) is 9.48 Å². The van der Waals surface area contributed by atoms with Gasteiger partial charge in [0.1, 0.15) is 23.3 Å². The highest BCUT2D eigenvalue weighted by Crippen LogP contribution is 2.29. The van der Waals surface area contributed by atoms with E-state index in [1.807, 2.05) is 0 Å². The Hall–Kier alpha value is -2.83. The van der Waals surface area contributed by atoms with Gasteiger partial charge in [0, 0.05) is 0 Å². The Morgan fingerprint density at radius 2 is 2.05 bits per heavy atom. The average molecular weight is 272 g/mol. The van der Waals surface area contributed by atoms with Gasteiger partial charge in [-0.05, 0) is 30.7 Å². The van der Waals surface area contributed by atoms with E-state index in [-0.39, 0.29) is 17.5 Å². The van der Waals surface area contributed by atoms with Crippen LogP contribution in [0.2, 0.25) is 0 Å². The van der Waals surface area contributed by atoms with Gasteiger partial charge in [0.25, 0.3) is 0 Å². The van der Waals surface area contributed by atoms with Crippen molar-refractivity contribution in [3.63, 3.8) is 0 Å². The number of rotatable bonds is 2. The second kappa shape index (κ2) is 4.37. The number of carboxylic acid groups (broad SMARTS) is 1. The van der Waals surface area contributed by atoms with E-state index in [1.165, 1.54) is 0 Å². The molecule has 0 unspecified atom stereocenters. The molecule has 2 heterocycles. The topological polar surface area (TPSA) is 100 Å². The highest BCUT2D eigenvalue weighted by molar-refractivity contribution is 5.90. The number of carbonyl (C=O) groups is 1. The van der Waals surface area contributed by atoms with Crippen molar-refractivity contribution in [2.45, 2.75) is 13.0 Å². The molecule has 0 saturated carbocycles. The maximum absolute atomic E-state index is 11.2. The Balaban J connectivity index is 2.11. The van der Waals surface area contributed by atoms with Crippen molar-refractivity contribution in [2.75, 3.05) is 5.32 Å². The van der Waals surface area contributed by atoms with Gasteiger partial charge in [-0.2, -0.15) is 10.1 Å². The van der Waals surface area contributed by atoms with Crippen molar-refractivity contribution >= 4 is 11.9 Å². The number of aliphatic carboxylic acids is 1. The zero-order valence-corrected chi connectivity index (χ0v) is 10.6. The Labute approximate surface area is 114 Å². The molecular formula is C13H12N4O3. The number of allylic oxidation sites excluding steroid dienone is 1. The van der Waals surface area contributed by atoms with E-state index in [9.17, 15) is 9.90 Å². The van der Waals surface area contributed by atoms with Crippen LogP contribution in [-0.4, -0.2) is 30.9 Å². The summed E-state index contributed by atoms with van der Waals surface area (Å²) in [6, 6.07) is 6.17. The van der Waals surface area contributed by atoms with E-state index in [0.29, 0.717) is 11.8 Å². The normalized spacial score (nSPS) is 17.1. The predicted octanol–water partition coefficient (Wildman–Crippen LogP) is 1.28. The first-order valence-corrected chi connectivity index (χ1v) is 5.99. The maximum atomic E-state index is 11.2. The third-order valence-electron chi connectivity index (χ3n) is 3.04. The van der Waals surface area contributed by atoms with E-state index >= 15 is 0 Å². The standard InChI is InChI=1S/C13H12N4O3/c1-7-14-13-15-10(12(19)20)6-11(17(13)16-7)8-2-4-9(18)5-3-8/h2-6,11,18H,1H3,(H,19,20)(H,14,15,16)/t11-/m1/s1. The van der Waals surface area contributed by atoms with Crippen LogP contribution in [0.25, 0.3) is 0 Å². The molecule has 7 nitrogen and oxygen atoms in total. The predicted molar refractivity (Wildman–Crippen MR) is 70.3 cm³/mol. The lowest BCUT2D eigenvalue weighted by atomic mass is 10.0. The number of phenolic OH excluding ortho intramolecular Hbond substituents is 1. The Kier molecular flexibility index (Phi) is 2.67. The Morgan fingerprint density at radius 1 is 1.35 bits per heavy atom. The number of aromatic hydroxyl groups is 1. The zero-order chi connectivity index (χ0) is 14.3. The molecule has 7 heteroatoms. The van der Waals surface area contributed by atoms with Gasteiger partial charge in [0.2, 0.25) is 5.95 Å². The maximum Gasteiger partial charge on any atom is 0.352 e. The van der Waals surface area contributed by atoms with Crippen LogP contribution in [0.3, 0.4) is 0 Å². The average Bonchev–Trinajstić information content (AvgIpc) is 2.78. The summed E-state index contributed by atoms with van der Waals surface area (Å²) in [6.45, 7) is 1.74. The van der Waals surface area contributed by atoms with Gasteiger partial charge < -0.3 is 15.5 Å². The second-order valence-electron chi connectivity index (χ2n) is 4.47. The third kappa shape index (κ3) is 1.99. The largest absolute Gasteiger partial charge is 0.508 e. The summed E-state index contributed by atoms with van der Waals surface area (Å²) >= 11 is 0. The number of nitrogens with zero attached hydrogens (tertiary/aromatic N) is 3. The molecule has 102 valence electrons. The molecule has 0 spiro atoms. The van der Waals surface area contributed by atoms with Crippen LogP contribution in [0.4, 0.5) is 5.95 Å². The smallest absolute Gasteiger partial charge is 0.352 e. The lowest BCUT2D eigenvalue weighted by molar-refractivity contribution is -0.132. The number of fused-ring (bicyclic) bond motifs is 1. The van der Waals surface area contributed by atoms with E-state index in [0.717, 1.165) is 5.56 Å². The van der Waals surface area contributed by atoms with Crippen molar-refractivity contribution in [2.24, 2.45) is 0 Å². The number of benzene rings is 1. The third-order valence-corrected chi connectivity index (χ3v) is 3.04. The molecule has 1 aromatic heterocycles. The van der Waals surface area contributed by atoms with E-state index in [1.54, 1.807) is 41.9 Å². The molecule has 0 saturated heterocycles. The summed E-state index contributed by atoms with van der Waals surface area (Å²) < 4.78 is 1.62. The molecule has 0 fully saturated rings. The number of phenols is 1. The van der Waals surface area contributed by atoms with Crippen molar-refractivity contribution in [3.05, 3.63) is 47.4 Å². The molecule has 2 aromatic rings. The quantitative estimate of drug-likeness (QED) is 0.761. The molecule has 0 amide bonds. The summed E-state index contributed by atoms with van der Waals surface area (Å²) in [5.41, 5.74) is 0.872. The van der Waals surface area contributed by atoms with Crippen LogP contribution in [0.1, 0.15) is 17.4 Å². The minimum absolute atomic E-state index is 0.0583. The molecule has 1 aliphatic heterocycles. The molecule has 0 aliphatic carbocycles. The first-order valence-electron chi connectivity index (χ1n) is 5.99. The summed E-state index contributed by atoms with van der Waals surface area (Å²) in [4.78, 5) is 15.3. The molecule has 20 heavy (non-hydrogen) atoms. The summed E-state index contributed by atoms with van der Waals surface area (Å²) in [5, 5.41) is 25.5. The number of hydrogen-bond donors (Lipinski definition) is 3. The molecule has 3 rings (SSSR count). The van der Waals surface area contributed by atoms with E-state index in [4.69, 9.17) is 5.11 Å². The zero-order valence-electron chi connectivity index (χ0n) is 10.6. The molecular weight excluding hydrogens is 260 g/mol. The Bertz CT molecular complexity index is 703.